The average molecular weight is 237 g/mol. The lowest BCUT2D eigenvalue weighted by molar-refractivity contribution is 0.187. The van der Waals surface area contributed by atoms with Crippen molar-refractivity contribution in [1.82, 2.24) is 5.32 Å². The number of benzene rings is 1. The van der Waals surface area contributed by atoms with E-state index in [1.54, 1.807) is 19.1 Å². The molecule has 2 amide bonds. The molecule has 0 spiro atoms. The second kappa shape index (κ2) is 6.22. The Morgan fingerprint density at radius 1 is 1.35 bits per heavy atom. The van der Waals surface area contributed by atoms with Crippen LogP contribution in [0.3, 0.4) is 0 Å². The van der Waals surface area contributed by atoms with Crippen molar-refractivity contribution < 1.29 is 9.90 Å². The monoisotopic (exact) mass is 237 g/mol. The van der Waals surface area contributed by atoms with E-state index in [-0.39, 0.29) is 12.1 Å². The third kappa shape index (κ3) is 4.84. The predicted molar refractivity (Wildman–Crippen MR) is 67.7 cm³/mol. The van der Waals surface area contributed by atoms with Gasteiger partial charge in [0, 0.05) is 18.3 Å². The first-order chi connectivity index (χ1) is 7.99. The van der Waals surface area contributed by atoms with Crippen molar-refractivity contribution in [2.45, 2.75) is 26.0 Å². The summed E-state index contributed by atoms with van der Waals surface area (Å²) >= 11 is 0. The van der Waals surface area contributed by atoms with Crippen molar-refractivity contribution in [2.24, 2.45) is 5.73 Å². The van der Waals surface area contributed by atoms with Gasteiger partial charge in [-0.05, 0) is 31.5 Å². The second-order valence-electron chi connectivity index (χ2n) is 4.09. The molecule has 0 fully saturated rings. The number of aliphatic hydroxyl groups excluding tert-OH is 1. The molecule has 0 aliphatic carbocycles. The normalized spacial score (nSPS) is 14.1. The molecule has 0 heterocycles. The molecule has 17 heavy (non-hydrogen) atoms. The summed E-state index contributed by atoms with van der Waals surface area (Å²) in [5.41, 5.74) is 6.77. The Hall–Kier alpha value is -1.59. The fourth-order valence-corrected chi connectivity index (χ4v) is 1.46. The molecule has 1 unspecified atom stereocenters. The summed E-state index contributed by atoms with van der Waals surface area (Å²) in [6, 6.07) is 6.97. The molecule has 0 bridgehead atoms. The standard InChI is InChI=1S/C12H19N3O2/c1-8(16)7-14-9(2)10-3-5-11(6-4-10)15-12(13)17/h3-6,8-9,14,16H,7H2,1-2H3,(H3,13,15,17)/t8-,9?/m1/s1. The summed E-state index contributed by atoms with van der Waals surface area (Å²) in [5, 5.41) is 14.9. The van der Waals surface area contributed by atoms with E-state index in [1.807, 2.05) is 19.1 Å². The van der Waals surface area contributed by atoms with E-state index in [1.165, 1.54) is 0 Å². The van der Waals surface area contributed by atoms with Gasteiger partial charge in [-0.2, -0.15) is 0 Å². The highest BCUT2D eigenvalue weighted by Gasteiger charge is 2.06. The Kier molecular flexibility index (Phi) is 4.93. The third-order valence-corrected chi connectivity index (χ3v) is 2.40. The maximum atomic E-state index is 10.6. The molecule has 5 heteroatoms. The molecule has 0 aromatic heterocycles. The van der Waals surface area contributed by atoms with Gasteiger partial charge in [0.05, 0.1) is 6.10 Å². The summed E-state index contributed by atoms with van der Waals surface area (Å²) in [5.74, 6) is 0. The van der Waals surface area contributed by atoms with Gasteiger partial charge in [0.15, 0.2) is 0 Å². The molecule has 0 saturated carbocycles. The highest BCUT2D eigenvalue weighted by Crippen LogP contribution is 2.15. The Labute approximate surface area is 101 Å². The van der Waals surface area contributed by atoms with Gasteiger partial charge in [-0.3, -0.25) is 0 Å². The third-order valence-electron chi connectivity index (χ3n) is 2.40. The van der Waals surface area contributed by atoms with Crippen LogP contribution in [0.5, 0.6) is 0 Å². The highest BCUT2D eigenvalue weighted by molar-refractivity contribution is 5.87. The van der Waals surface area contributed by atoms with Gasteiger partial charge in [0.1, 0.15) is 0 Å². The number of hydrogen-bond donors (Lipinski definition) is 4. The minimum absolute atomic E-state index is 0.146. The molecule has 0 radical (unpaired) electrons. The van der Waals surface area contributed by atoms with Crippen LogP contribution in [0.25, 0.3) is 0 Å². The highest BCUT2D eigenvalue weighted by atomic mass is 16.3. The van der Waals surface area contributed by atoms with Crippen LogP contribution in [0, 0.1) is 0 Å². The van der Waals surface area contributed by atoms with E-state index >= 15 is 0 Å². The SMILES string of the molecule is CC(NC[C@@H](C)O)c1ccc(NC(N)=O)cc1. The number of primary amides is 1. The lowest BCUT2D eigenvalue weighted by atomic mass is 10.1. The van der Waals surface area contributed by atoms with Gasteiger partial charge in [-0.15, -0.1) is 0 Å². The van der Waals surface area contributed by atoms with E-state index in [9.17, 15) is 4.79 Å². The molecule has 0 aliphatic rings. The van der Waals surface area contributed by atoms with Crippen LogP contribution in [-0.4, -0.2) is 23.8 Å². The zero-order chi connectivity index (χ0) is 12.8. The number of hydrogen-bond acceptors (Lipinski definition) is 3. The molecule has 0 saturated heterocycles. The number of anilines is 1. The average Bonchev–Trinajstić information content (AvgIpc) is 2.26. The zero-order valence-corrected chi connectivity index (χ0v) is 10.1. The van der Waals surface area contributed by atoms with E-state index < -0.39 is 6.03 Å². The van der Waals surface area contributed by atoms with Crippen molar-refractivity contribution in [2.75, 3.05) is 11.9 Å². The van der Waals surface area contributed by atoms with E-state index in [0.717, 1.165) is 5.56 Å². The number of urea groups is 1. The summed E-state index contributed by atoms with van der Waals surface area (Å²) in [6.45, 7) is 4.29. The van der Waals surface area contributed by atoms with E-state index in [4.69, 9.17) is 10.8 Å². The van der Waals surface area contributed by atoms with Crippen molar-refractivity contribution in [3.8, 4) is 0 Å². The van der Waals surface area contributed by atoms with Crippen LogP contribution in [-0.2, 0) is 0 Å². The molecule has 5 N–H and O–H groups in total. The van der Waals surface area contributed by atoms with E-state index in [2.05, 4.69) is 10.6 Å². The van der Waals surface area contributed by atoms with Crippen molar-refractivity contribution in [3.05, 3.63) is 29.8 Å². The summed E-state index contributed by atoms with van der Waals surface area (Å²) in [6.07, 6.45) is -0.367. The number of nitrogens with two attached hydrogens (primary N) is 1. The quantitative estimate of drug-likeness (QED) is 0.620. The molecule has 2 atom stereocenters. The zero-order valence-electron chi connectivity index (χ0n) is 10.1. The van der Waals surface area contributed by atoms with Crippen molar-refractivity contribution in [1.29, 1.82) is 0 Å². The predicted octanol–water partition coefficient (Wildman–Crippen LogP) is 1.21. The first kappa shape index (κ1) is 13.5. The number of carbonyl (C=O) groups excluding carboxylic acids is 1. The number of aliphatic hydroxyl groups is 1. The van der Waals surface area contributed by atoms with Crippen molar-refractivity contribution >= 4 is 11.7 Å². The fraction of sp³-hybridized carbons (Fsp3) is 0.417. The van der Waals surface area contributed by atoms with Crippen LogP contribution in [0.1, 0.15) is 25.5 Å². The molecule has 94 valence electrons. The second-order valence-corrected chi connectivity index (χ2v) is 4.09. The Morgan fingerprint density at radius 2 is 1.94 bits per heavy atom. The summed E-state index contributed by atoms with van der Waals surface area (Å²) < 4.78 is 0. The van der Waals surface area contributed by atoms with Crippen LogP contribution in [0.4, 0.5) is 10.5 Å². The van der Waals surface area contributed by atoms with Gasteiger partial charge < -0.3 is 21.5 Å². The lowest BCUT2D eigenvalue weighted by Crippen LogP contribution is -2.27. The maximum absolute atomic E-state index is 10.6. The van der Waals surface area contributed by atoms with Gasteiger partial charge in [0.2, 0.25) is 0 Å². The smallest absolute Gasteiger partial charge is 0.316 e. The fourth-order valence-electron chi connectivity index (χ4n) is 1.46. The van der Waals surface area contributed by atoms with Gasteiger partial charge >= 0.3 is 6.03 Å². The molecular weight excluding hydrogens is 218 g/mol. The van der Waals surface area contributed by atoms with Gasteiger partial charge in [0.25, 0.3) is 0 Å². The first-order valence-electron chi connectivity index (χ1n) is 5.57. The minimum atomic E-state index is -0.571. The molecule has 0 aliphatic heterocycles. The topological polar surface area (TPSA) is 87.4 Å². The largest absolute Gasteiger partial charge is 0.392 e. The Morgan fingerprint density at radius 3 is 2.41 bits per heavy atom. The van der Waals surface area contributed by atoms with Crippen LogP contribution in [0.15, 0.2) is 24.3 Å². The number of rotatable bonds is 5. The number of nitrogens with one attached hydrogen (secondary N) is 2. The first-order valence-corrected chi connectivity index (χ1v) is 5.57. The van der Waals surface area contributed by atoms with Crippen LogP contribution in [0.2, 0.25) is 0 Å². The van der Waals surface area contributed by atoms with Crippen molar-refractivity contribution in [3.63, 3.8) is 0 Å². The Bertz CT molecular complexity index is 363. The molecule has 5 nitrogen and oxygen atoms in total. The van der Waals surface area contributed by atoms with Crippen LogP contribution < -0.4 is 16.4 Å². The minimum Gasteiger partial charge on any atom is -0.392 e. The Balaban J connectivity index is 2.57. The van der Waals surface area contributed by atoms with Crippen LogP contribution >= 0.6 is 0 Å². The summed E-state index contributed by atoms with van der Waals surface area (Å²) in [7, 11) is 0. The molecule has 1 aromatic carbocycles. The van der Waals surface area contributed by atoms with E-state index in [0.29, 0.717) is 12.2 Å². The number of carbonyl (C=O) groups is 1. The molecule has 1 aromatic rings. The number of amides is 2. The molecule has 1 rings (SSSR count). The maximum Gasteiger partial charge on any atom is 0.316 e. The van der Waals surface area contributed by atoms with Gasteiger partial charge in [-0.1, -0.05) is 12.1 Å². The lowest BCUT2D eigenvalue weighted by Gasteiger charge is -2.15. The van der Waals surface area contributed by atoms with Gasteiger partial charge in [-0.25, -0.2) is 4.79 Å². The summed E-state index contributed by atoms with van der Waals surface area (Å²) in [4.78, 5) is 10.6. The molecular formula is C12H19N3O2.